The zero-order chi connectivity index (χ0) is 22.6. The number of aryl methyl sites for hydroxylation is 1. The summed E-state index contributed by atoms with van der Waals surface area (Å²) in [6, 6.07) is 13.3. The topological polar surface area (TPSA) is 44.3 Å². The Morgan fingerprint density at radius 3 is 2.31 bits per heavy atom. The van der Waals surface area contributed by atoms with Crippen LogP contribution in [0, 0.1) is 0 Å². The smallest absolute Gasteiger partial charge is 0.369 e. The van der Waals surface area contributed by atoms with Crippen LogP contribution in [0.5, 0.6) is 0 Å². The minimum Gasteiger partial charge on any atom is -0.369 e. The molecule has 0 aliphatic carbocycles. The van der Waals surface area contributed by atoms with Gasteiger partial charge in [-0.2, -0.15) is 13.2 Å². The summed E-state index contributed by atoms with van der Waals surface area (Å²) in [5, 5.41) is 0. The van der Waals surface area contributed by atoms with E-state index in [9.17, 15) is 18.0 Å². The molecule has 1 saturated heterocycles. The minimum absolute atomic E-state index is 0.0511. The average molecular weight is 447 g/mol. The van der Waals surface area contributed by atoms with Crippen molar-refractivity contribution in [3.05, 3.63) is 64.6 Å². The molecule has 0 radical (unpaired) electrons. The summed E-state index contributed by atoms with van der Waals surface area (Å²) in [5.41, 5.74) is 1.84. The Morgan fingerprint density at radius 2 is 1.56 bits per heavy atom. The van der Waals surface area contributed by atoms with E-state index in [-0.39, 0.29) is 5.69 Å². The molecule has 0 unspecified atom stereocenters. The number of anilines is 1. The number of piperazine rings is 1. The highest BCUT2D eigenvalue weighted by Crippen LogP contribution is 2.31. The molecule has 3 aromatic rings. The molecular formula is C24H29F3N4O. The number of imidazole rings is 1. The Morgan fingerprint density at radius 1 is 0.844 bits per heavy atom. The lowest BCUT2D eigenvalue weighted by molar-refractivity contribution is -0.137. The van der Waals surface area contributed by atoms with E-state index in [1.54, 1.807) is 6.07 Å². The Labute approximate surface area is 185 Å². The quantitative estimate of drug-likeness (QED) is 0.509. The van der Waals surface area contributed by atoms with E-state index < -0.39 is 11.7 Å². The first-order valence-corrected chi connectivity index (χ1v) is 11.2. The molecule has 2 heterocycles. The summed E-state index contributed by atoms with van der Waals surface area (Å²) in [6.45, 7) is 4.93. The number of fused-ring (bicyclic) bond motifs is 1. The predicted octanol–water partition coefficient (Wildman–Crippen LogP) is 4.73. The van der Waals surface area contributed by atoms with Crippen LogP contribution in [0.25, 0.3) is 11.0 Å². The third-order valence-corrected chi connectivity index (χ3v) is 6.20. The lowest BCUT2D eigenvalue weighted by Gasteiger charge is -2.36. The van der Waals surface area contributed by atoms with Gasteiger partial charge in [0.1, 0.15) is 0 Å². The van der Waals surface area contributed by atoms with E-state index in [0.717, 1.165) is 82.1 Å². The second-order valence-electron chi connectivity index (χ2n) is 8.39. The zero-order valence-electron chi connectivity index (χ0n) is 18.1. The molecule has 32 heavy (non-hydrogen) atoms. The van der Waals surface area contributed by atoms with E-state index in [1.807, 2.05) is 33.7 Å². The van der Waals surface area contributed by atoms with Crippen molar-refractivity contribution < 1.29 is 13.2 Å². The number of nitrogens with one attached hydrogen (secondary N) is 1. The van der Waals surface area contributed by atoms with Crippen LogP contribution in [0.2, 0.25) is 0 Å². The van der Waals surface area contributed by atoms with Crippen LogP contribution < -0.4 is 10.6 Å². The number of aromatic nitrogens is 2. The lowest BCUT2D eigenvalue weighted by atomic mass is 10.1. The monoisotopic (exact) mass is 446 g/mol. The zero-order valence-corrected chi connectivity index (χ0v) is 18.1. The summed E-state index contributed by atoms with van der Waals surface area (Å²) in [5.74, 6) is 0. The Hall–Kier alpha value is -2.74. The SMILES string of the molecule is O=c1[nH]c2ccccc2n1CCCCCCN1CCN(c2cccc(C(F)(F)F)c2)CC1. The first-order chi connectivity index (χ1) is 15.4. The third-order valence-electron chi connectivity index (χ3n) is 6.20. The maximum atomic E-state index is 12.9. The van der Waals surface area contributed by atoms with Gasteiger partial charge in [-0.3, -0.25) is 9.47 Å². The van der Waals surface area contributed by atoms with E-state index >= 15 is 0 Å². The standard InChI is InChI=1S/C24H29F3N4O/c25-24(26,27)19-8-7-9-20(18-19)30-16-14-29(15-17-30)12-5-1-2-6-13-31-22-11-4-3-10-21(22)28-23(31)32/h3-4,7-11,18H,1-2,5-6,12-17H2,(H,28,32). The molecule has 4 rings (SSSR count). The number of nitrogens with zero attached hydrogens (tertiary/aromatic N) is 3. The fourth-order valence-electron chi connectivity index (χ4n) is 4.40. The van der Waals surface area contributed by atoms with Gasteiger partial charge >= 0.3 is 11.9 Å². The van der Waals surface area contributed by atoms with Crippen LogP contribution in [0.3, 0.4) is 0 Å². The molecule has 1 aliphatic heterocycles. The van der Waals surface area contributed by atoms with Crippen molar-refractivity contribution in [1.82, 2.24) is 14.5 Å². The molecule has 0 spiro atoms. The Balaban J connectivity index is 1.15. The van der Waals surface area contributed by atoms with Crippen LogP contribution in [-0.4, -0.2) is 47.2 Å². The normalized spacial score (nSPS) is 15.5. The number of alkyl halides is 3. The Bertz CT molecular complexity index is 1080. The molecule has 0 atom stereocenters. The maximum Gasteiger partial charge on any atom is 0.416 e. The summed E-state index contributed by atoms with van der Waals surface area (Å²) in [6.07, 6.45) is -0.0850. The molecule has 1 aliphatic rings. The maximum absolute atomic E-state index is 12.9. The number of hydrogen-bond donors (Lipinski definition) is 1. The highest BCUT2D eigenvalue weighted by Gasteiger charge is 2.31. The van der Waals surface area contributed by atoms with E-state index in [0.29, 0.717) is 5.69 Å². The van der Waals surface area contributed by atoms with Gasteiger partial charge in [0.25, 0.3) is 0 Å². The van der Waals surface area contributed by atoms with Gasteiger partial charge in [0, 0.05) is 38.4 Å². The molecular weight excluding hydrogens is 417 g/mol. The molecule has 172 valence electrons. The van der Waals surface area contributed by atoms with Crippen molar-refractivity contribution >= 4 is 16.7 Å². The summed E-state index contributed by atoms with van der Waals surface area (Å²) >= 11 is 0. The second-order valence-corrected chi connectivity index (χ2v) is 8.39. The summed E-state index contributed by atoms with van der Waals surface area (Å²) < 4.78 is 40.7. The van der Waals surface area contributed by atoms with Crippen LogP contribution in [-0.2, 0) is 12.7 Å². The molecule has 0 saturated carbocycles. The number of hydrogen-bond acceptors (Lipinski definition) is 3. The number of H-pyrrole nitrogens is 1. The van der Waals surface area contributed by atoms with Crippen molar-refractivity contribution in [3.63, 3.8) is 0 Å². The van der Waals surface area contributed by atoms with Gasteiger partial charge in [-0.25, -0.2) is 4.79 Å². The third kappa shape index (κ3) is 5.35. The predicted molar refractivity (Wildman–Crippen MR) is 121 cm³/mol. The average Bonchev–Trinajstić information content (AvgIpc) is 3.11. The van der Waals surface area contributed by atoms with E-state index in [4.69, 9.17) is 0 Å². The molecule has 2 aromatic carbocycles. The van der Waals surface area contributed by atoms with Gasteiger partial charge in [0.15, 0.2) is 0 Å². The summed E-state index contributed by atoms with van der Waals surface area (Å²) in [4.78, 5) is 19.4. The fraction of sp³-hybridized carbons (Fsp3) is 0.458. The lowest BCUT2D eigenvalue weighted by Crippen LogP contribution is -2.46. The first kappa shape index (κ1) is 22.5. The van der Waals surface area contributed by atoms with Gasteiger partial charge in [-0.1, -0.05) is 31.0 Å². The molecule has 1 fully saturated rings. The highest BCUT2D eigenvalue weighted by molar-refractivity contribution is 5.74. The highest BCUT2D eigenvalue weighted by atomic mass is 19.4. The van der Waals surface area contributed by atoms with Gasteiger partial charge < -0.3 is 9.88 Å². The van der Waals surface area contributed by atoms with Crippen molar-refractivity contribution in [1.29, 1.82) is 0 Å². The second kappa shape index (κ2) is 9.81. The van der Waals surface area contributed by atoms with Crippen molar-refractivity contribution in [2.75, 3.05) is 37.6 Å². The van der Waals surface area contributed by atoms with Crippen molar-refractivity contribution in [3.8, 4) is 0 Å². The molecule has 8 heteroatoms. The molecule has 5 nitrogen and oxygen atoms in total. The number of para-hydroxylation sites is 2. The van der Waals surface area contributed by atoms with Crippen LogP contribution in [0.1, 0.15) is 31.2 Å². The van der Waals surface area contributed by atoms with Gasteiger partial charge in [-0.15, -0.1) is 0 Å². The fourth-order valence-corrected chi connectivity index (χ4v) is 4.40. The number of halogens is 3. The molecule has 0 bridgehead atoms. The first-order valence-electron chi connectivity index (χ1n) is 11.2. The molecule has 0 amide bonds. The number of benzene rings is 2. The number of rotatable bonds is 8. The molecule has 1 N–H and O–H groups in total. The molecule has 1 aromatic heterocycles. The minimum atomic E-state index is -4.31. The number of aromatic amines is 1. The van der Waals surface area contributed by atoms with Crippen LogP contribution >= 0.6 is 0 Å². The van der Waals surface area contributed by atoms with Gasteiger partial charge in [0.2, 0.25) is 0 Å². The van der Waals surface area contributed by atoms with Gasteiger partial charge in [-0.05, 0) is 49.7 Å². The van der Waals surface area contributed by atoms with Gasteiger partial charge in [0.05, 0.1) is 16.6 Å². The number of unbranched alkanes of at least 4 members (excludes halogenated alkanes) is 3. The van der Waals surface area contributed by atoms with Crippen molar-refractivity contribution in [2.24, 2.45) is 0 Å². The summed E-state index contributed by atoms with van der Waals surface area (Å²) in [7, 11) is 0. The van der Waals surface area contributed by atoms with E-state index in [2.05, 4.69) is 9.88 Å². The van der Waals surface area contributed by atoms with Crippen LogP contribution in [0.15, 0.2) is 53.3 Å². The van der Waals surface area contributed by atoms with Crippen molar-refractivity contribution in [2.45, 2.75) is 38.4 Å². The largest absolute Gasteiger partial charge is 0.416 e. The Kier molecular flexibility index (Phi) is 6.89. The van der Waals surface area contributed by atoms with E-state index in [1.165, 1.54) is 12.1 Å². The van der Waals surface area contributed by atoms with Crippen LogP contribution in [0.4, 0.5) is 18.9 Å².